The molecule has 0 aliphatic rings. The van der Waals surface area contributed by atoms with Gasteiger partial charge in [-0.2, -0.15) is 0 Å². The van der Waals surface area contributed by atoms with E-state index in [1.165, 1.54) is 21.9 Å². The molecule has 0 nitrogen and oxygen atoms in total. The lowest BCUT2D eigenvalue weighted by Gasteiger charge is -2.18. The highest BCUT2D eigenvalue weighted by Crippen LogP contribution is 2.22. The maximum Gasteiger partial charge on any atom is 0.0776 e. The van der Waals surface area contributed by atoms with Crippen LogP contribution in [0.1, 0.15) is 5.56 Å². The zero-order valence-electron chi connectivity index (χ0n) is 11.1. The summed E-state index contributed by atoms with van der Waals surface area (Å²) in [5, 5.41) is 1.54. The lowest BCUT2D eigenvalue weighted by molar-refractivity contribution is 1.46. The lowest BCUT2D eigenvalue weighted by atomic mass is 10.0. The first-order valence-corrected chi connectivity index (χ1v) is 9.65. The van der Waals surface area contributed by atoms with Crippen LogP contribution in [-0.4, -0.2) is 8.07 Å². The standard InChI is InChI=1S/C16H20Si/c1-13-12-15(17(2,3)4)10-11-16(13)14-8-6-5-7-9-14/h5-12H,1-4H3. The Bertz CT molecular complexity index is 507. The van der Waals surface area contributed by atoms with Crippen LogP contribution in [-0.2, 0) is 0 Å². The van der Waals surface area contributed by atoms with Gasteiger partial charge in [-0.1, -0.05) is 73.4 Å². The molecule has 0 saturated heterocycles. The molecule has 0 saturated carbocycles. The molecule has 0 aromatic heterocycles. The molecule has 2 aromatic rings. The SMILES string of the molecule is Cc1cc([Si](C)(C)C)ccc1-c1ccccc1. The lowest BCUT2D eigenvalue weighted by Crippen LogP contribution is -2.37. The van der Waals surface area contributed by atoms with E-state index in [0.29, 0.717) is 0 Å². The summed E-state index contributed by atoms with van der Waals surface area (Å²) < 4.78 is 0. The van der Waals surface area contributed by atoms with E-state index in [1.54, 1.807) is 0 Å². The predicted octanol–water partition coefficient (Wildman–Crippen LogP) is 4.21. The summed E-state index contributed by atoms with van der Waals surface area (Å²) in [6, 6.07) is 17.6. The Hall–Kier alpha value is -1.34. The third-order valence-corrected chi connectivity index (χ3v) is 5.22. The van der Waals surface area contributed by atoms with E-state index in [1.807, 2.05) is 0 Å². The molecule has 17 heavy (non-hydrogen) atoms. The van der Waals surface area contributed by atoms with Crippen LogP contribution in [0.4, 0.5) is 0 Å². The smallest absolute Gasteiger partial charge is 0.0656 e. The second-order valence-corrected chi connectivity index (χ2v) is 10.7. The van der Waals surface area contributed by atoms with Gasteiger partial charge < -0.3 is 0 Å². The second-order valence-electron chi connectivity index (χ2n) is 5.65. The van der Waals surface area contributed by atoms with Crippen molar-refractivity contribution in [2.75, 3.05) is 0 Å². The highest BCUT2D eigenvalue weighted by atomic mass is 28.3. The summed E-state index contributed by atoms with van der Waals surface area (Å²) in [4.78, 5) is 0. The molecule has 0 bridgehead atoms. The molecule has 0 unspecified atom stereocenters. The van der Waals surface area contributed by atoms with E-state index in [2.05, 4.69) is 75.1 Å². The van der Waals surface area contributed by atoms with Crippen molar-refractivity contribution in [1.82, 2.24) is 0 Å². The molecule has 0 N–H and O–H groups in total. The molecular weight excluding hydrogens is 220 g/mol. The van der Waals surface area contributed by atoms with Gasteiger partial charge in [0.2, 0.25) is 0 Å². The van der Waals surface area contributed by atoms with Crippen LogP contribution in [0.15, 0.2) is 48.5 Å². The maximum atomic E-state index is 2.39. The van der Waals surface area contributed by atoms with E-state index in [9.17, 15) is 0 Å². The number of hydrogen-bond donors (Lipinski definition) is 0. The minimum Gasteiger partial charge on any atom is -0.0656 e. The fourth-order valence-electron chi connectivity index (χ4n) is 2.07. The van der Waals surface area contributed by atoms with Gasteiger partial charge in [0.25, 0.3) is 0 Å². The van der Waals surface area contributed by atoms with Gasteiger partial charge in [-0.3, -0.25) is 0 Å². The monoisotopic (exact) mass is 240 g/mol. The molecule has 0 aliphatic heterocycles. The van der Waals surface area contributed by atoms with E-state index >= 15 is 0 Å². The van der Waals surface area contributed by atoms with Crippen LogP contribution in [0.5, 0.6) is 0 Å². The van der Waals surface area contributed by atoms with Crippen LogP contribution in [0, 0.1) is 6.92 Å². The molecule has 0 atom stereocenters. The summed E-state index contributed by atoms with van der Waals surface area (Å²) in [7, 11) is -1.19. The molecule has 0 aliphatic carbocycles. The maximum absolute atomic E-state index is 2.39. The third kappa shape index (κ3) is 2.67. The zero-order chi connectivity index (χ0) is 12.5. The van der Waals surface area contributed by atoms with E-state index in [4.69, 9.17) is 0 Å². The molecule has 88 valence electrons. The minimum absolute atomic E-state index is 1.19. The first-order valence-electron chi connectivity index (χ1n) is 6.15. The van der Waals surface area contributed by atoms with Crippen molar-refractivity contribution in [3.8, 4) is 11.1 Å². The molecule has 0 amide bonds. The first-order chi connectivity index (χ1) is 7.98. The molecule has 0 radical (unpaired) electrons. The van der Waals surface area contributed by atoms with Crippen LogP contribution < -0.4 is 5.19 Å². The second kappa shape index (κ2) is 4.50. The topological polar surface area (TPSA) is 0 Å². The Morgan fingerprint density at radius 1 is 0.824 bits per heavy atom. The minimum atomic E-state index is -1.19. The number of hydrogen-bond acceptors (Lipinski definition) is 0. The van der Waals surface area contributed by atoms with Crippen molar-refractivity contribution >= 4 is 13.3 Å². The van der Waals surface area contributed by atoms with Crippen LogP contribution in [0.2, 0.25) is 19.6 Å². The molecule has 0 heterocycles. The van der Waals surface area contributed by atoms with Gasteiger partial charge in [0.05, 0.1) is 8.07 Å². The summed E-state index contributed by atoms with van der Waals surface area (Å²) in [5.41, 5.74) is 4.05. The zero-order valence-corrected chi connectivity index (χ0v) is 12.1. The normalized spacial score (nSPS) is 11.5. The van der Waals surface area contributed by atoms with Crippen LogP contribution in [0.25, 0.3) is 11.1 Å². The summed E-state index contributed by atoms with van der Waals surface area (Å²) in [5.74, 6) is 0. The van der Waals surface area contributed by atoms with E-state index in [-0.39, 0.29) is 0 Å². The number of rotatable bonds is 2. The van der Waals surface area contributed by atoms with E-state index < -0.39 is 8.07 Å². The summed E-state index contributed by atoms with van der Waals surface area (Å²) in [6.07, 6.45) is 0. The predicted molar refractivity (Wildman–Crippen MR) is 79.6 cm³/mol. The quantitative estimate of drug-likeness (QED) is 0.690. The van der Waals surface area contributed by atoms with Gasteiger partial charge >= 0.3 is 0 Å². The van der Waals surface area contributed by atoms with Crippen molar-refractivity contribution < 1.29 is 0 Å². The van der Waals surface area contributed by atoms with E-state index in [0.717, 1.165) is 0 Å². The van der Waals surface area contributed by atoms with Gasteiger partial charge in [-0.25, -0.2) is 0 Å². The van der Waals surface area contributed by atoms with Gasteiger partial charge in [0.1, 0.15) is 0 Å². The van der Waals surface area contributed by atoms with Gasteiger partial charge in [-0.15, -0.1) is 0 Å². The molecular formula is C16H20Si. The van der Waals surface area contributed by atoms with Crippen LogP contribution >= 0.6 is 0 Å². The Labute approximate surface area is 105 Å². The Balaban J connectivity index is 2.46. The van der Waals surface area contributed by atoms with Gasteiger partial charge in [0, 0.05) is 0 Å². The number of aryl methyl sites for hydroxylation is 1. The fraction of sp³-hybridized carbons (Fsp3) is 0.250. The fourth-order valence-corrected chi connectivity index (χ4v) is 3.30. The summed E-state index contributed by atoms with van der Waals surface area (Å²) >= 11 is 0. The molecule has 2 rings (SSSR count). The molecule has 0 fully saturated rings. The molecule has 0 spiro atoms. The highest BCUT2D eigenvalue weighted by molar-refractivity contribution is 6.88. The Morgan fingerprint density at radius 3 is 2.00 bits per heavy atom. The first kappa shape index (κ1) is 12.1. The van der Waals surface area contributed by atoms with Gasteiger partial charge in [-0.05, 0) is 23.6 Å². The Kier molecular flexibility index (Phi) is 3.21. The van der Waals surface area contributed by atoms with Crippen molar-refractivity contribution in [2.24, 2.45) is 0 Å². The van der Waals surface area contributed by atoms with Gasteiger partial charge in [0.15, 0.2) is 0 Å². The van der Waals surface area contributed by atoms with Crippen molar-refractivity contribution in [3.05, 3.63) is 54.1 Å². The summed E-state index contributed by atoms with van der Waals surface area (Å²) in [6.45, 7) is 9.39. The van der Waals surface area contributed by atoms with Crippen molar-refractivity contribution in [2.45, 2.75) is 26.6 Å². The average molecular weight is 240 g/mol. The third-order valence-electron chi connectivity index (χ3n) is 3.18. The van der Waals surface area contributed by atoms with Crippen molar-refractivity contribution in [1.29, 1.82) is 0 Å². The average Bonchev–Trinajstić information content (AvgIpc) is 2.29. The number of benzene rings is 2. The molecule has 2 aromatic carbocycles. The highest BCUT2D eigenvalue weighted by Gasteiger charge is 2.16. The molecule has 1 heteroatoms. The Morgan fingerprint density at radius 2 is 1.47 bits per heavy atom. The van der Waals surface area contributed by atoms with Crippen molar-refractivity contribution in [3.63, 3.8) is 0 Å². The largest absolute Gasteiger partial charge is 0.0776 e. The van der Waals surface area contributed by atoms with Crippen LogP contribution in [0.3, 0.4) is 0 Å².